The third-order valence-corrected chi connectivity index (χ3v) is 4.54. The molecule has 1 aromatic carbocycles. The molecule has 5 heteroatoms. The number of carbonyl (C=O) groups is 1. The van der Waals surface area contributed by atoms with Gasteiger partial charge in [0.2, 0.25) is 0 Å². The maximum absolute atomic E-state index is 14.0. The highest BCUT2D eigenvalue weighted by Gasteiger charge is 2.37. The fourth-order valence-electron chi connectivity index (χ4n) is 2.95. The molecule has 1 aromatic rings. The van der Waals surface area contributed by atoms with Gasteiger partial charge in [-0.25, -0.2) is 4.39 Å². The van der Waals surface area contributed by atoms with Gasteiger partial charge in [-0.15, -0.1) is 0 Å². The zero-order valence-corrected chi connectivity index (χ0v) is 12.0. The van der Waals surface area contributed by atoms with Gasteiger partial charge >= 0.3 is 6.18 Å². The van der Waals surface area contributed by atoms with E-state index in [0.717, 1.165) is 18.6 Å². The first-order valence-corrected chi connectivity index (χ1v) is 7.11. The topological polar surface area (TPSA) is 17.1 Å². The average Bonchev–Trinajstić information content (AvgIpc) is 2.40. The Kier molecular flexibility index (Phi) is 4.40. The number of rotatable bonds is 2. The molecule has 0 aliphatic heterocycles. The summed E-state index contributed by atoms with van der Waals surface area (Å²) in [7, 11) is 0. The van der Waals surface area contributed by atoms with Crippen LogP contribution in [0.3, 0.4) is 0 Å². The number of alkyl halides is 3. The highest BCUT2D eigenvalue weighted by atomic mass is 19.4. The molecule has 0 bridgehead atoms. The Hall–Kier alpha value is -1.39. The molecule has 3 atom stereocenters. The smallest absolute Gasteiger partial charge is 0.294 e. The molecular formula is C16H18F4O. The molecule has 0 N–H and O–H groups in total. The first-order valence-electron chi connectivity index (χ1n) is 7.11. The predicted octanol–water partition coefficient (Wildman–Crippen LogP) is 5.10. The SMILES string of the molecule is CC1CCC(C(=O)c2cccc(C(F)(F)F)c2F)CC1C. The molecule has 0 spiro atoms. The molecule has 3 unspecified atom stereocenters. The van der Waals surface area contributed by atoms with Crippen molar-refractivity contribution in [1.82, 2.24) is 0 Å². The maximum atomic E-state index is 14.0. The lowest BCUT2D eigenvalue weighted by molar-refractivity contribution is -0.140. The van der Waals surface area contributed by atoms with Crippen LogP contribution in [0.1, 0.15) is 49.0 Å². The van der Waals surface area contributed by atoms with Crippen LogP contribution in [0.5, 0.6) is 0 Å². The van der Waals surface area contributed by atoms with E-state index in [9.17, 15) is 22.4 Å². The molecule has 0 saturated heterocycles. The van der Waals surface area contributed by atoms with Gasteiger partial charge in [0.1, 0.15) is 5.82 Å². The monoisotopic (exact) mass is 302 g/mol. The minimum absolute atomic E-state index is 0.321. The summed E-state index contributed by atoms with van der Waals surface area (Å²) >= 11 is 0. The maximum Gasteiger partial charge on any atom is 0.419 e. The fourth-order valence-corrected chi connectivity index (χ4v) is 2.95. The number of halogens is 4. The van der Waals surface area contributed by atoms with Crippen LogP contribution in [0.2, 0.25) is 0 Å². The van der Waals surface area contributed by atoms with Crippen molar-refractivity contribution >= 4 is 5.78 Å². The fraction of sp³-hybridized carbons (Fsp3) is 0.562. The second-order valence-corrected chi connectivity index (χ2v) is 5.99. The van der Waals surface area contributed by atoms with Gasteiger partial charge in [0.25, 0.3) is 0 Å². The quantitative estimate of drug-likeness (QED) is 0.548. The average molecular weight is 302 g/mol. The molecule has 116 valence electrons. The van der Waals surface area contributed by atoms with E-state index in [1.807, 2.05) is 6.92 Å². The molecule has 1 fully saturated rings. The molecule has 21 heavy (non-hydrogen) atoms. The number of Topliss-reactive ketones (excluding diaryl/α,β-unsaturated/α-hetero) is 1. The van der Waals surface area contributed by atoms with Crippen LogP contribution in [0.25, 0.3) is 0 Å². The first-order chi connectivity index (χ1) is 9.71. The normalized spacial score (nSPS) is 26.7. The van der Waals surface area contributed by atoms with Crippen molar-refractivity contribution in [2.75, 3.05) is 0 Å². The van der Waals surface area contributed by atoms with Crippen molar-refractivity contribution in [2.24, 2.45) is 17.8 Å². The molecule has 0 amide bonds. The van der Waals surface area contributed by atoms with Crippen LogP contribution in [-0.4, -0.2) is 5.78 Å². The molecular weight excluding hydrogens is 284 g/mol. The zero-order valence-electron chi connectivity index (χ0n) is 12.0. The summed E-state index contributed by atoms with van der Waals surface area (Å²) in [5, 5.41) is 0. The molecule has 1 saturated carbocycles. The summed E-state index contributed by atoms with van der Waals surface area (Å²) in [4.78, 5) is 12.3. The summed E-state index contributed by atoms with van der Waals surface area (Å²) in [6.45, 7) is 4.11. The Morgan fingerprint density at radius 3 is 2.38 bits per heavy atom. The van der Waals surface area contributed by atoms with Gasteiger partial charge in [-0.3, -0.25) is 4.79 Å². The van der Waals surface area contributed by atoms with Gasteiger partial charge in [0, 0.05) is 5.92 Å². The van der Waals surface area contributed by atoms with Crippen molar-refractivity contribution < 1.29 is 22.4 Å². The summed E-state index contributed by atoms with van der Waals surface area (Å²) in [5.74, 6) is -1.52. The Bertz CT molecular complexity index is 536. The number of carbonyl (C=O) groups excluding carboxylic acids is 1. The van der Waals surface area contributed by atoms with Crippen LogP contribution < -0.4 is 0 Å². The van der Waals surface area contributed by atoms with Crippen LogP contribution in [-0.2, 0) is 6.18 Å². The molecule has 1 aliphatic rings. The Labute approximate surface area is 121 Å². The van der Waals surface area contributed by atoms with E-state index in [1.54, 1.807) is 0 Å². The van der Waals surface area contributed by atoms with Crippen molar-refractivity contribution in [3.63, 3.8) is 0 Å². The van der Waals surface area contributed by atoms with E-state index >= 15 is 0 Å². The van der Waals surface area contributed by atoms with Gasteiger partial charge < -0.3 is 0 Å². The van der Waals surface area contributed by atoms with Crippen LogP contribution in [0.4, 0.5) is 17.6 Å². The Morgan fingerprint density at radius 1 is 1.14 bits per heavy atom. The largest absolute Gasteiger partial charge is 0.419 e. The lowest BCUT2D eigenvalue weighted by atomic mass is 9.73. The Balaban J connectivity index is 2.28. The number of hydrogen-bond acceptors (Lipinski definition) is 1. The van der Waals surface area contributed by atoms with E-state index in [-0.39, 0.29) is 5.92 Å². The number of benzene rings is 1. The van der Waals surface area contributed by atoms with Crippen molar-refractivity contribution in [3.05, 3.63) is 35.1 Å². The van der Waals surface area contributed by atoms with E-state index in [0.29, 0.717) is 30.7 Å². The van der Waals surface area contributed by atoms with Gasteiger partial charge in [0.05, 0.1) is 11.1 Å². The van der Waals surface area contributed by atoms with Crippen molar-refractivity contribution in [1.29, 1.82) is 0 Å². The molecule has 0 heterocycles. The van der Waals surface area contributed by atoms with Crippen molar-refractivity contribution in [2.45, 2.75) is 39.3 Å². The van der Waals surface area contributed by atoms with Crippen LogP contribution >= 0.6 is 0 Å². The van der Waals surface area contributed by atoms with Gasteiger partial charge in [0.15, 0.2) is 5.78 Å². The second-order valence-electron chi connectivity index (χ2n) is 5.99. The summed E-state index contributed by atoms with van der Waals surface area (Å²) in [5.41, 5.74) is -1.80. The number of hydrogen-bond donors (Lipinski definition) is 0. The van der Waals surface area contributed by atoms with E-state index < -0.39 is 28.9 Å². The third-order valence-electron chi connectivity index (χ3n) is 4.54. The van der Waals surface area contributed by atoms with E-state index in [2.05, 4.69) is 6.92 Å². The summed E-state index contributed by atoms with van der Waals surface area (Å²) in [6, 6.07) is 2.90. The second kappa shape index (κ2) is 5.78. The minimum atomic E-state index is -4.78. The first kappa shape index (κ1) is 16.0. The van der Waals surface area contributed by atoms with E-state index in [4.69, 9.17) is 0 Å². The molecule has 1 aliphatic carbocycles. The van der Waals surface area contributed by atoms with E-state index in [1.165, 1.54) is 0 Å². The van der Waals surface area contributed by atoms with Gasteiger partial charge in [-0.05, 0) is 43.2 Å². The van der Waals surface area contributed by atoms with Gasteiger partial charge in [-0.2, -0.15) is 13.2 Å². The van der Waals surface area contributed by atoms with Crippen molar-refractivity contribution in [3.8, 4) is 0 Å². The van der Waals surface area contributed by atoms with Crippen LogP contribution in [0, 0.1) is 23.6 Å². The molecule has 2 rings (SSSR count). The lowest BCUT2D eigenvalue weighted by Gasteiger charge is -2.31. The molecule has 1 nitrogen and oxygen atoms in total. The predicted molar refractivity (Wildman–Crippen MR) is 71.4 cm³/mol. The van der Waals surface area contributed by atoms with Gasteiger partial charge in [-0.1, -0.05) is 19.9 Å². The highest BCUT2D eigenvalue weighted by molar-refractivity contribution is 5.98. The lowest BCUT2D eigenvalue weighted by Crippen LogP contribution is -2.27. The third kappa shape index (κ3) is 3.27. The molecule has 0 radical (unpaired) electrons. The zero-order chi connectivity index (χ0) is 15.8. The highest BCUT2D eigenvalue weighted by Crippen LogP contribution is 2.37. The minimum Gasteiger partial charge on any atom is -0.294 e. The standard InChI is InChI=1S/C16H18F4O/c1-9-6-7-11(8-10(9)2)15(21)12-4-3-5-13(14(12)17)16(18,19)20/h3-5,9-11H,6-8H2,1-2H3. The van der Waals surface area contributed by atoms with Crippen LogP contribution in [0.15, 0.2) is 18.2 Å². The summed E-state index contributed by atoms with van der Waals surface area (Å²) in [6.07, 6.45) is -2.72. The molecule has 0 aromatic heterocycles. The Morgan fingerprint density at radius 2 is 1.81 bits per heavy atom. The number of ketones is 1. The summed E-state index contributed by atoms with van der Waals surface area (Å²) < 4.78 is 52.1.